The molecule has 0 bridgehead atoms. The van der Waals surface area contributed by atoms with Crippen LogP contribution in [0.5, 0.6) is 0 Å². The Morgan fingerprint density at radius 3 is 2.45 bits per heavy atom. The average molecular weight is 275 g/mol. The minimum absolute atomic E-state index is 0.499. The molecule has 1 saturated carbocycles. The molecule has 3 heteroatoms. The predicted octanol–water partition coefficient (Wildman–Crippen LogP) is 4.86. The zero-order valence-electron chi connectivity index (χ0n) is 13.3. The van der Waals surface area contributed by atoms with Crippen LogP contribution in [0.15, 0.2) is 6.07 Å². The van der Waals surface area contributed by atoms with Crippen molar-refractivity contribution in [1.82, 2.24) is 9.97 Å². The van der Waals surface area contributed by atoms with Gasteiger partial charge in [-0.3, -0.25) is 0 Å². The lowest BCUT2D eigenvalue weighted by molar-refractivity contribution is 0.588. The van der Waals surface area contributed by atoms with Crippen LogP contribution < -0.4 is 5.32 Å². The molecular formula is C17H29N3. The Kier molecular flexibility index (Phi) is 5.81. The van der Waals surface area contributed by atoms with E-state index >= 15 is 0 Å². The second-order valence-corrected chi connectivity index (χ2v) is 5.96. The molecule has 1 aromatic rings. The minimum Gasteiger partial charge on any atom is -0.370 e. The summed E-state index contributed by atoms with van der Waals surface area (Å²) < 4.78 is 0. The summed E-state index contributed by atoms with van der Waals surface area (Å²) in [5.41, 5.74) is 1.28. The van der Waals surface area contributed by atoms with Crippen LogP contribution in [0.2, 0.25) is 0 Å². The van der Waals surface area contributed by atoms with Crippen molar-refractivity contribution >= 4 is 5.82 Å². The number of hydrogen-bond donors (Lipinski definition) is 1. The van der Waals surface area contributed by atoms with Crippen molar-refractivity contribution in [3.05, 3.63) is 17.6 Å². The molecule has 1 aliphatic carbocycles. The third-order valence-corrected chi connectivity index (χ3v) is 4.44. The van der Waals surface area contributed by atoms with Gasteiger partial charge in [-0.15, -0.1) is 0 Å². The lowest BCUT2D eigenvalue weighted by Gasteiger charge is -2.17. The molecule has 0 radical (unpaired) electrons. The summed E-state index contributed by atoms with van der Waals surface area (Å²) in [5, 5.41) is 3.45. The Morgan fingerprint density at radius 1 is 1.15 bits per heavy atom. The lowest BCUT2D eigenvalue weighted by Crippen LogP contribution is -2.11. The molecule has 0 aliphatic heterocycles. The highest BCUT2D eigenvalue weighted by atomic mass is 15.0. The highest BCUT2D eigenvalue weighted by Gasteiger charge is 2.21. The maximum Gasteiger partial charge on any atom is 0.134 e. The Bertz CT molecular complexity index is 386. The first-order valence-electron chi connectivity index (χ1n) is 8.41. The Hall–Kier alpha value is -1.12. The number of hydrogen-bond acceptors (Lipinski definition) is 3. The molecule has 20 heavy (non-hydrogen) atoms. The van der Waals surface area contributed by atoms with E-state index in [1.54, 1.807) is 0 Å². The molecule has 0 saturated heterocycles. The molecule has 112 valence electrons. The maximum atomic E-state index is 4.91. The van der Waals surface area contributed by atoms with Gasteiger partial charge in [0.15, 0.2) is 0 Å². The molecule has 0 amide bonds. The molecule has 0 spiro atoms. The van der Waals surface area contributed by atoms with E-state index in [-0.39, 0.29) is 0 Å². The summed E-state index contributed by atoms with van der Waals surface area (Å²) in [6, 6.07) is 2.19. The summed E-state index contributed by atoms with van der Waals surface area (Å²) in [7, 11) is 0. The first-order chi connectivity index (χ1) is 9.78. The highest BCUT2D eigenvalue weighted by Crippen LogP contribution is 2.34. The first kappa shape index (κ1) is 15.3. The third-order valence-electron chi connectivity index (χ3n) is 4.44. The van der Waals surface area contributed by atoms with Gasteiger partial charge in [0.25, 0.3) is 0 Å². The molecule has 0 atom stereocenters. The van der Waals surface area contributed by atoms with E-state index in [0.717, 1.165) is 37.4 Å². The fraction of sp³-hybridized carbons (Fsp3) is 0.765. The van der Waals surface area contributed by atoms with E-state index in [1.165, 1.54) is 31.4 Å². The van der Waals surface area contributed by atoms with E-state index in [0.29, 0.717) is 11.8 Å². The average Bonchev–Trinajstić information content (AvgIpc) is 3.00. The largest absolute Gasteiger partial charge is 0.370 e. The lowest BCUT2D eigenvalue weighted by atomic mass is 10.00. The molecule has 2 rings (SSSR count). The molecule has 1 aliphatic rings. The van der Waals surface area contributed by atoms with Crippen molar-refractivity contribution in [2.45, 2.75) is 77.6 Å². The highest BCUT2D eigenvalue weighted by molar-refractivity contribution is 5.37. The molecule has 1 heterocycles. The van der Waals surface area contributed by atoms with Crippen molar-refractivity contribution in [3.8, 4) is 0 Å². The van der Waals surface area contributed by atoms with Gasteiger partial charge in [0.1, 0.15) is 11.6 Å². The van der Waals surface area contributed by atoms with Crippen molar-refractivity contribution in [2.75, 3.05) is 11.9 Å². The van der Waals surface area contributed by atoms with Crippen molar-refractivity contribution in [1.29, 1.82) is 0 Å². The topological polar surface area (TPSA) is 37.8 Å². The van der Waals surface area contributed by atoms with Gasteiger partial charge in [-0.25, -0.2) is 9.97 Å². The second-order valence-electron chi connectivity index (χ2n) is 5.96. The van der Waals surface area contributed by atoms with Crippen molar-refractivity contribution in [3.63, 3.8) is 0 Å². The SMILES string of the molecule is CCCNc1cc(C2CCCC2)nc(C(CC)CC)n1. The van der Waals surface area contributed by atoms with Gasteiger partial charge in [-0.05, 0) is 32.1 Å². The monoisotopic (exact) mass is 275 g/mol. The molecule has 0 aromatic carbocycles. The van der Waals surface area contributed by atoms with Gasteiger partial charge in [0.05, 0.1) is 0 Å². The molecular weight excluding hydrogens is 246 g/mol. The van der Waals surface area contributed by atoms with Crippen LogP contribution in [0, 0.1) is 0 Å². The summed E-state index contributed by atoms with van der Waals surface area (Å²) in [4.78, 5) is 9.68. The summed E-state index contributed by atoms with van der Waals surface area (Å²) in [6.07, 6.45) is 8.68. The van der Waals surface area contributed by atoms with Crippen LogP contribution in [-0.4, -0.2) is 16.5 Å². The smallest absolute Gasteiger partial charge is 0.134 e. The van der Waals surface area contributed by atoms with Gasteiger partial charge in [-0.1, -0.05) is 33.6 Å². The third kappa shape index (κ3) is 3.71. The van der Waals surface area contributed by atoms with Crippen LogP contribution in [0.25, 0.3) is 0 Å². The Labute approximate surface area is 123 Å². The number of rotatable bonds is 7. The van der Waals surface area contributed by atoms with E-state index in [4.69, 9.17) is 9.97 Å². The molecule has 1 fully saturated rings. The number of nitrogens with one attached hydrogen (secondary N) is 1. The normalized spacial score (nSPS) is 16.0. The summed E-state index contributed by atoms with van der Waals surface area (Å²) in [5.74, 6) is 3.25. The second kappa shape index (κ2) is 7.61. The van der Waals surface area contributed by atoms with Gasteiger partial charge in [-0.2, -0.15) is 0 Å². The van der Waals surface area contributed by atoms with E-state index in [2.05, 4.69) is 32.2 Å². The van der Waals surface area contributed by atoms with Gasteiger partial charge >= 0.3 is 0 Å². The fourth-order valence-corrected chi connectivity index (χ4v) is 3.10. The van der Waals surface area contributed by atoms with Crippen LogP contribution in [0.1, 0.15) is 89.1 Å². The summed E-state index contributed by atoms with van der Waals surface area (Å²) in [6.45, 7) is 7.65. The summed E-state index contributed by atoms with van der Waals surface area (Å²) >= 11 is 0. The van der Waals surface area contributed by atoms with E-state index in [1.807, 2.05) is 0 Å². The van der Waals surface area contributed by atoms with Crippen LogP contribution >= 0.6 is 0 Å². The number of anilines is 1. The Balaban J connectivity index is 2.27. The Morgan fingerprint density at radius 2 is 1.85 bits per heavy atom. The van der Waals surface area contributed by atoms with Gasteiger partial charge in [0, 0.05) is 30.1 Å². The van der Waals surface area contributed by atoms with Crippen molar-refractivity contribution in [2.24, 2.45) is 0 Å². The van der Waals surface area contributed by atoms with Crippen LogP contribution in [0.3, 0.4) is 0 Å². The van der Waals surface area contributed by atoms with E-state index < -0.39 is 0 Å². The van der Waals surface area contributed by atoms with Crippen LogP contribution in [-0.2, 0) is 0 Å². The molecule has 0 unspecified atom stereocenters. The standard InChI is InChI=1S/C17H29N3/c1-4-11-18-16-12-15(14-9-7-8-10-14)19-17(20-16)13(5-2)6-3/h12-14H,4-11H2,1-3H3,(H,18,19,20). The first-order valence-corrected chi connectivity index (χ1v) is 8.41. The predicted molar refractivity (Wildman–Crippen MR) is 85.3 cm³/mol. The zero-order valence-corrected chi connectivity index (χ0v) is 13.3. The van der Waals surface area contributed by atoms with Crippen LogP contribution in [0.4, 0.5) is 5.82 Å². The van der Waals surface area contributed by atoms with Gasteiger partial charge in [0.2, 0.25) is 0 Å². The van der Waals surface area contributed by atoms with Gasteiger partial charge < -0.3 is 5.32 Å². The zero-order chi connectivity index (χ0) is 14.4. The molecule has 3 nitrogen and oxygen atoms in total. The maximum absolute atomic E-state index is 4.91. The van der Waals surface area contributed by atoms with Crippen molar-refractivity contribution < 1.29 is 0 Å². The minimum atomic E-state index is 0.499. The number of aromatic nitrogens is 2. The molecule has 1 N–H and O–H groups in total. The van der Waals surface area contributed by atoms with E-state index in [9.17, 15) is 0 Å². The fourth-order valence-electron chi connectivity index (χ4n) is 3.10. The molecule has 1 aromatic heterocycles. The quantitative estimate of drug-likeness (QED) is 0.772. The number of nitrogens with zero attached hydrogens (tertiary/aromatic N) is 2.